The maximum absolute atomic E-state index is 2.52. The number of pyridine rings is 2. The van der Waals surface area contributed by atoms with Crippen LogP contribution in [0.3, 0.4) is 0 Å². The third-order valence-corrected chi connectivity index (χ3v) is 8.01. The number of aryl methyl sites for hydroxylation is 2. The molecule has 0 aliphatic heterocycles. The number of aromatic nitrogens is 2. The minimum Gasteiger partial charge on any atom is -0.205 e. The number of rotatable bonds is 6. The van der Waals surface area contributed by atoms with E-state index in [1.807, 2.05) is 0 Å². The molecule has 5 rings (SSSR count). The zero-order valence-electron chi connectivity index (χ0n) is 20.8. The highest BCUT2D eigenvalue weighted by Crippen LogP contribution is 2.55. The largest absolute Gasteiger partial charge is 0.205 e. The van der Waals surface area contributed by atoms with Gasteiger partial charge in [0.15, 0.2) is 24.8 Å². The number of fused-ring (bicyclic) bond motifs is 6. The first-order valence-electron chi connectivity index (χ1n) is 12.6. The molecule has 2 heteroatoms. The van der Waals surface area contributed by atoms with Crippen molar-refractivity contribution in [3.63, 3.8) is 0 Å². The van der Waals surface area contributed by atoms with Crippen LogP contribution in [0.4, 0.5) is 0 Å². The predicted octanol–water partition coefficient (Wildman–Crippen LogP) is 6.47. The number of unbranched alkanes of at least 4 members (excludes halogenated alkanes) is 2. The molecule has 0 saturated carbocycles. The summed E-state index contributed by atoms with van der Waals surface area (Å²) in [6, 6.07) is 9.76. The van der Waals surface area contributed by atoms with Crippen molar-refractivity contribution in [2.24, 2.45) is 0 Å². The van der Waals surface area contributed by atoms with E-state index in [9.17, 15) is 0 Å². The second-order valence-corrected chi connectivity index (χ2v) is 10.9. The molecule has 3 aromatic rings. The Hall–Kier alpha value is -2.48. The average molecular weight is 427 g/mol. The summed E-state index contributed by atoms with van der Waals surface area (Å²) in [5.41, 5.74) is 11.7. The van der Waals surface area contributed by atoms with E-state index in [-0.39, 0.29) is 10.8 Å². The van der Waals surface area contributed by atoms with Crippen molar-refractivity contribution < 1.29 is 9.13 Å². The summed E-state index contributed by atoms with van der Waals surface area (Å²) < 4.78 is 4.77. The van der Waals surface area contributed by atoms with Crippen molar-refractivity contribution in [2.45, 2.75) is 91.1 Å². The maximum Gasteiger partial charge on any atom is 0.173 e. The summed E-state index contributed by atoms with van der Waals surface area (Å²) in [4.78, 5) is 0. The molecule has 2 nitrogen and oxygen atoms in total. The van der Waals surface area contributed by atoms with Gasteiger partial charge in [-0.05, 0) is 45.5 Å². The molecule has 0 radical (unpaired) electrons. The highest BCUT2D eigenvalue weighted by Gasteiger charge is 2.43. The topological polar surface area (TPSA) is 7.76 Å². The molecule has 32 heavy (non-hydrogen) atoms. The number of nitrogens with zero attached hydrogens (tertiary/aromatic N) is 2. The average Bonchev–Trinajstić information content (AvgIpc) is 3.14. The molecule has 0 fully saturated rings. The van der Waals surface area contributed by atoms with Gasteiger partial charge in [0, 0.05) is 46.9 Å². The van der Waals surface area contributed by atoms with E-state index in [0.29, 0.717) is 0 Å². The van der Waals surface area contributed by atoms with Crippen LogP contribution in [0.15, 0.2) is 49.1 Å². The van der Waals surface area contributed by atoms with Crippen LogP contribution in [0, 0.1) is 0 Å². The van der Waals surface area contributed by atoms with Crippen LogP contribution < -0.4 is 9.13 Å². The molecule has 0 unspecified atom stereocenters. The van der Waals surface area contributed by atoms with Crippen LogP contribution in [-0.2, 0) is 23.9 Å². The van der Waals surface area contributed by atoms with E-state index in [4.69, 9.17) is 0 Å². The molecule has 2 aliphatic rings. The molecule has 0 amide bonds. The molecule has 2 aliphatic carbocycles. The van der Waals surface area contributed by atoms with Crippen molar-refractivity contribution in [1.82, 2.24) is 0 Å². The van der Waals surface area contributed by atoms with Crippen LogP contribution in [-0.4, -0.2) is 0 Å². The normalized spacial score (nSPS) is 16.4. The Balaban J connectivity index is 1.63. The SMILES string of the molecule is CCCC[n+]1ccc2c(c1)C(C)(C)c1cc3c(cc1-2)C(C)(C)c1c[n+](CCCC)ccc1-3. The highest BCUT2D eigenvalue weighted by atomic mass is 14.9. The summed E-state index contributed by atoms with van der Waals surface area (Å²) in [7, 11) is 0. The molecule has 0 atom stereocenters. The highest BCUT2D eigenvalue weighted by molar-refractivity contribution is 5.88. The van der Waals surface area contributed by atoms with Gasteiger partial charge >= 0.3 is 0 Å². The molecule has 0 spiro atoms. The van der Waals surface area contributed by atoms with Crippen LogP contribution in [0.2, 0.25) is 0 Å². The van der Waals surface area contributed by atoms with Crippen LogP contribution >= 0.6 is 0 Å². The fraction of sp³-hybridized carbons (Fsp3) is 0.467. The number of hydrogen-bond acceptors (Lipinski definition) is 0. The van der Waals surface area contributed by atoms with Crippen molar-refractivity contribution >= 4 is 0 Å². The van der Waals surface area contributed by atoms with E-state index in [1.54, 1.807) is 0 Å². The first kappa shape index (κ1) is 21.4. The lowest BCUT2D eigenvalue weighted by molar-refractivity contribution is -0.697. The van der Waals surface area contributed by atoms with Crippen LogP contribution in [0.25, 0.3) is 22.3 Å². The van der Waals surface area contributed by atoms with Gasteiger partial charge in [0.05, 0.1) is 0 Å². The van der Waals surface area contributed by atoms with E-state index < -0.39 is 0 Å². The van der Waals surface area contributed by atoms with Gasteiger partial charge in [-0.1, -0.05) is 54.4 Å². The molecule has 2 heterocycles. The first-order valence-corrected chi connectivity index (χ1v) is 12.6. The Morgan fingerprint density at radius 2 is 1.00 bits per heavy atom. The van der Waals surface area contributed by atoms with Gasteiger partial charge in [0.1, 0.15) is 13.1 Å². The molecular weight excluding hydrogens is 388 g/mol. The quantitative estimate of drug-likeness (QED) is 0.399. The third kappa shape index (κ3) is 3.06. The summed E-state index contributed by atoms with van der Waals surface area (Å²) in [5, 5.41) is 0. The van der Waals surface area contributed by atoms with Gasteiger partial charge < -0.3 is 0 Å². The predicted molar refractivity (Wildman–Crippen MR) is 132 cm³/mol. The minimum atomic E-state index is 0.0254. The van der Waals surface area contributed by atoms with Gasteiger partial charge in [0.25, 0.3) is 0 Å². The monoisotopic (exact) mass is 426 g/mol. The Kier molecular flexibility index (Phi) is 5.04. The lowest BCUT2D eigenvalue weighted by Gasteiger charge is -2.23. The summed E-state index contributed by atoms with van der Waals surface area (Å²) in [6.45, 7) is 16.3. The van der Waals surface area contributed by atoms with Gasteiger partial charge in [-0.3, -0.25) is 0 Å². The van der Waals surface area contributed by atoms with Gasteiger partial charge in [0.2, 0.25) is 0 Å². The van der Waals surface area contributed by atoms with Gasteiger partial charge in [-0.2, -0.15) is 0 Å². The van der Waals surface area contributed by atoms with Crippen molar-refractivity contribution in [3.05, 3.63) is 71.3 Å². The van der Waals surface area contributed by atoms with Crippen molar-refractivity contribution in [2.75, 3.05) is 0 Å². The standard InChI is InChI=1S/C30H38N2/c1-7-9-13-31-15-11-21-23-17-26-24(18-25(23)29(3,4)27(21)19-31)22-12-16-32(14-10-8-2)20-28(22)30(26,5)6/h11-12,15-20H,7-10,13-14H2,1-6H3/q+2. The molecule has 0 N–H and O–H groups in total. The van der Waals surface area contributed by atoms with Gasteiger partial charge in [-0.15, -0.1) is 0 Å². The first-order chi connectivity index (χ1) is 15.3. The summed E-state index contributed by atoms with van der Waals surface area (Å²) in [5.74, 6) is 0. The Labute approximate surface area is 194 Å². The van der Waals surface area contributed by atoms with Crippen LogP contribution in [0.5, 0.6) is 0 Å². The third-order valence-electron chi connectivity index (χ3n) is 8.01. The zero-order chi connectivity index (χ0) is 22.7. The molecule has 166 valence electrons. The molecule has 0 bridgehead atoms. The van der Waals surface area contributed by atoms with E-state index in [1.165, 1.54) is 70.2 Å². The Bertz CT molecular complexity index is 1100. The summed E-state index contributed by atoms with van der Waals surface area (Å²) in [6.07, 6.45) is 14.3. The second kappa shape index (κ2) is 7.54. The van der Waals surface area contributed by atoms with Gasteiger partial charge in [-0.25, -0.2) is 9.13 Å². The van der Waals surface area contributed by atoms with Crippen LogP contribution in [0.1, 0.15) is 89.5 Å². The minimum absolute atomic E-state index is 0.0254. The lowest BCUT2D eigenvalue weighted by Crippen LogP contribution is -2.34. The fourth-order valence-corrected chi connectivity index (χ4v) is 5.87. The van der Waals surface area contributed by atoms with E-state index >= 15 is 0 Å². The summed E-state index contributed by atoms with van der Waals surface area (Å²) >= 11 is 0. The van der Waals surface area contributed by atoms with Crippen molar-refractivity contribution in [3.8, 4) is 22.3 Å². The Morgan fingerprint density at radius 1 is 0.594 bits per heavy atom. The Morgan fingerprint density at radius 3 is 1.38 bits per heavy atom. The molecule has 2 aromatic heterocycles. The molecule has 1 aromatic carbocycles. The van der Waals surface area contributed by atoms with Crippen molar-refractivity contribution in [1.29, 1.82) is 0 Å². The molecule has 0 saturated heterocycles. The zero-order valence-corrected chi connectivity index (χ0v) is 20.8. The number of hydrogen-bond donors (Lipinski definition) is 0. The van der Waals surface area contributed by atoms with E-state index in [0.717, 1.165) is 13.1 Å². The smallest absolute Gasteiger partial charge is 0.173 e. The molecular formula is C30H38N2+2. The maximum atomic E-state index is 2.52. The second-order valence-electron chi connectivity index (χ2n) is 10.9. The van der Waals surface area contributed by atoms with E-state index in [2.05, 4.69) is 99.7 Å². The lowest BCUT2D eigenvalue weighted by atomic mass is 9.79. The number of benzene rings is 1. The fourth-order valence-electron chi connectivity index (χ4n) is 5.87.